The molecule has 165 valence electrons. The van der Waals surface area contributed by atoms with Crippen LogP contribution >= 0.6 is 0 Å². The monoisotopic (exact) mass is 508 g/mol. The molecule has 32 heavy (non-hydrogen) atoms. The third-order valence-electron chi connectivity index (χ3n) is 4.96. The summed E-state index contributed by atoms with van der Waals surface area (Å²) in [6.45, 7) is 5.40. The van der Waals surface area contributed by atoms with Gasteiger partial charge in [-0.05, 0) is 31.5 Å². The third kappa shape index (κ3) is 6.12. The maximum absolute atomic E-state index is 12.7. The minimum atomic E-state index is -0.257. The van der Waals surface area contributed by atoms with Gasteiger partial charge in [0, 0.05) is 57.0 Å². The summed E-state index contributed by atoms with van der Waals surface area (Å²) >= 11 is 0. The first-order chi connectivity index (χ1) is 14.9. The van der Waals surface area contributed by atoms with Gasteiger partial charge >= 0.3 is 0 Å². The van der Waals surface area contributed by atoms with E-state index in [1.165, 1.54) is 10.9 Å². The Bertz CT molecular complexity index is 1080. The van der Waals surface area contributed by atoms with Crippen LogP contribution in [0.5, 0.6) is 0 Å². The van der Waals surface area contributed by atoms with Gasteiger partial charge in [-0.15, -0.1) is 6.42 Å². The fourth-order valence-corrected chi connectivity index (χ4v) is 3.37. The van der Waals surface area contributed by atoms with Gasteiger partial charge in [0.15, 0.2) is 0 Å². The normalized spacial score (nSPS) is 10.5. The van der Waals surface area contributed by atoms with Gasteiger partial charge in [0.2, 0.25) is 0 Å². The molecule has 0 unspecified atom stereocenters. The van der Waals surface area contributed by atoms with Crippen LogP contribution in [-0.4, -0.2) is 27.0 Å². The summed E-state index contributed by atoms with van der Waals surface area (Å²) in [5, 5.41) is 16.4. The summed E-state index contributed by atoms with van der Waals surface area (Å²) in [6.07, 6.45) is 2.04. The van der Waals surface area contributed by atoms with Crippen LogP contribution < -0.4 is 15.8 Å². The second-order valence-corrected chi connectivity index (χ2v) is 7.49. The van der Waals surface area contributed by atoms with Crippen LogP contribution in [0.4, 0.5) is 10.5 Å². The number of carbonyl (C=O) groups is 1. The van der Waals surface area contributed by atoms with E-state index in [2.05, 4.69) is 10.4 Å². The summed E-state index contributed by atoms with van der Waals surface area (Å²) in [4.78, 5) is 26.8. The number of aromatic nitrogens is 2. The number of benzene rings is 2. The van der Waals surface area contributed by atoms with E-state index in [-0.39, 0.29) is 56.9 Å². The molecule has 0 atom stereocenters. The van der Waals surface area contributed by atoms with Crippen molar-refractivity contribution in [1.82, 2.24) is 15.1 Å². The number of aliphatic hydroxyl groups is 1. The number of rotatable bonds is 7. The van der Waals surface area contributed by atoms with E-state index in [1.54, 1.807) is 18.5 Å². The molecule has 0 fully saturated rings. The first-order valence-electron chi connectivity index (χ1n) is 10.1. The second kappa shape index (κ2) is 12.0. The van der Waals surface area contributed by atoms with Gasteiger partial charge < -0.3 is 10.4 Å². The first kappa shape index (κ1) is 25.9. The molecule has 1 aromatic heterocycles. The minimum absolute atomic E-state index is 0. The van der Waals surface area contributed by atoms with E-state index in [1.807, 2.05) is 68.4 Å². The predicted octanol–water partition coefficient (Wildman–Crippen LogP) is 3.27. The van der Waals surface area contributed by atoms with Gasteiger partial charge in [-0.1, -0.05) is 48.0 Å². The van der Waals surface area contributed by atoms with Gasteiger partial charge in [0.1, 0.15) is 0 Å². The predicted molar refractivity (Wildman–Crippen MR) is 121 cm³/mol. The standard InChI is InChI=1S/C24H27N4O3.Y/c1-17(2)28(21-7-5-4-6-8-21)24(31)25-14-13-18-9-11-19(12-10-18)22-20(16-29)15-26-27(3)23(22)30;/h4-12,14-15,17,29H,13,16H2,1-3H3,(H,25,31);/q-1;. The first-order valence-corrected chi connectivity index (χ1v) is 10.1. The zero-order chi connectivity index (χ0) is 22.4. The Labute approximate surface area is 213 Å². The number of para-hydroxylation sites is 1. The summed E-state index contributed by atoms with van der Waals surface area (Å²) in [5.74, 6) is 0. The van der Waals surface area contributed by atoms with Crippen LogP contribution in [0, 0.1) is 6.54 Å². The number of aryl methyl sites for hydroxylation is 1. The zero-order valence-corrected chi connectivity index (χ0v) is 21.4. The number of amides is 2. The molecule has 0 bridgehead atoms. The molecule has 2 N–H and O–H groups in total. The Hall–Kier alpha value is -2.35. The molecule has 0 saturated heterocycles. The van der Waals surface area contributed by atoms with Gasteiger partial charge in [0.25, 0.3) is 11.6 Å². The van der Waals surface area contributed by atoms with Crippen molar-refractivity contribution in [2.45, 2.75) is 32.9 Å². The molecule has 3 aromatic rings. The molecular weight excluding hydrogens is 481 g/mol. The van der Waals surface area contributed by atoms with Crippen molar-refractivity contribution in [3.63, 3.8) is 0 Å². The molecule has 7 nitrogen and oxygen atoms in total. The molecule has 0 aliphatic carbocycles. The van der Waals surface area contributed by atoms with Crippen molar-refractivity contribution >= 4 is 11.7 Å². The summed E-state index contributed by atoms with van der Waals surface area (Å²) < 4.78 is 1.25. The summed E-state index contributed by atoms with van der Waals surface area (Å²) in [6, 6.07) is 16.8. The molecule has 0 aliphatic rings. The maximum Gasteiger partial charge on any atom is 0.292 e. The minimum Gasteiger partial charge on any atom is -0.487 e. The van der Waals surface area contributed by atoms with Crippen LogP contribution in [0.15, 0.2) is 65.6 Å². The van der Waals surface area contributed by atoms with E-state index in [4.69, 9.17) is 0 Å². The van der Waals surface area contributed by atoms with Gasteiger partial charge in [0.05, 0.1) is 18.4 Å². The average Bonchev–Trinajstić information content (AvgIpc) is 2.77. The number of anilines is 1. The summed E-state index contributed by atoms with van der Waals surface area (Å²) in [7, 11) is 1.58. The molecule has 0 aliphatic heterocycles. The van der Waals surface area contributed by atoms with E-state index < -0.39 is 0 Å². The van der Waals surface area contributed by atoms with Crippen LogP contribution in [0.1, 0.15) is 25.0 Å². The van der Waals surface area contributed by atoms with Crippen molar-refractivity contribution in [3.8, 4) is 11.1 Å². The number of carbonyl (C=O) groups excluding carboxylic acids is 1. The molecule has 2 aromatic carbocycles. The number of nitrogens with one attached hydrogen (secondary N) is 1. The number of urea groups is 1. The van der Waals surface area contributed by atoms with E-state index in [9.17, 15) is 14.7 Å². The SMILES string of the molecule is CC(C)N(C(=O)N[CH-]Cc1ccc(-c2c(CO)cnn(C)c2=O)cc1)c1ccccc1.[Y]. The average molecular weight is 508 g/mol. The van der Waals surface area contributed by atoms with Crippen molar-refractivity contribution in [1.29, 1.82) is 0 Å². The van der Waals surface area contributed by atoms with Crippen molar-refractivity contribution < 1.29 is 42.6 Å². The fourth-order valence-electron chi connectivity index (χ4n) is 3.37. The fraction of sp³-hybridized carbons (Fsp3) is 0.250. The molecular formula is C24H27N4O3Y-. The van der Waals surface area contributed by atoms with Crippen LogP contribution in [0.3, 0.4) is 0 Å². The number of hydrogen-bond acceptors (Lipinski definition) is 4. The molecule has 1 heterocycles. The van der Waals surface area contributed by atoms with Crippen LogP contribution in [0.25, 0.3) is 11.1 Å². The van der Waals surface area contributed by atoms with Crippen LogP contribution in [-0.2, 0) is 52.8 Å². The quantitative estimate of drug-likeness (QED) is 0.480. The molecule has 2 amide bonds. The molecule has 1 radical (unpaired) electrons. The second-order valence-electron chi connectivity index (χ2n) is 7.49. The third-order valence-corrected chi connectivity index (χ3v) is 4.96. The van der Waals surface area contributed by atoms with E-state index in [0.717, 1.165) is 16.8 Å². The topological polar surface area (TPSA) is 87.5 Å². The number of hydrogen-bond donors (Lipinski definition) is 2. The molecule has 3 rings (SSSR count). The molecule has 0 saturated carbocycles. The zero-order valence-electron chi connectivity index (χ0n) is 18.5. The Kier molecular flexibility index (Phi) is 9.75. The number of nitrogens with zero attached hydrogens (tertiary/aromatic N) is 3. The van der Waals surface area contributed by atoms with Gasteiger partial charge in [-0.2, -0.15) is 5.10 Å². The smallest absolute Gasteiger partial charge is 0.292 e. The largest absolute Gasteiger partial charge is 0.487 e. The molecule has 8 heteroatoms. The maximum atomic E-state index is 12.7. The molecule has 0 spiro atoms. The Balaban J connectivity index is 0.00000363. The number of aliphatic hydroxyl groups excluding tert-OH is 1. The van der Waals surface area contributed by atoms with Gasteiger partial charge in [-0.25, -0.2) is 11.2 Å². The summed E-state index contributed by atoms with van der Waals surface area (Å²) in [5.41, 5.74) is 3.22. The van der Waals surface area contributed by atoms with Crippen LogP contribution in [0.2, 0.25) is 0 Å². The van der Waals surface area contributed by atoms with Gasteiger partial charge in [-0.3, -0.25) is 14.5 Å². The van der Waals surface area contributed by atoms with E-state index in [0.29, 0.717) is 17.5 Å². The van der Waals surface area contributed by atoms with Crippen molar-refractivity contribution in [2.75, 3.05) is 4.90 Å². The Morgan fingerprint density at radius 2 is 1.81 bits per heavy atom. The van der Waals surface area contributed by atoms with Crippen molar-refractivity contribution in [3.05, 3.63) is 88.8 Å². The Morgan fingerprint density at radius 1 is 1.16 bits per heavy atom. The van der Waals surface area contributed by atoms with Crippen molar-refractivity contribution in [2.24, 2.45) is 7.05 Å². The Morgan fingerprint density at radius 3 is 2.41 bits per heavy atom. The van der Waals surface area contributed by atoms with E-state index >= 15 is 0 Å².